The van der Waals surface area contributed by atoms with Crippen molar-refractivity contribution in [3.63, 3.8) is 0 Å². The normalized spacial score (nSPS) is 18.4. The average molecular weight is 349 g/mol. The van der Waals surface area contributed by atoms with Gasteiger partial charge < -0.3 is 9.80 Å². The number of likely N-dealkylation sites (tertiary alicyclic amines) is 1. The van der Waals surface area contributed by atoms with E-state index in [1.54, 1.807) is 12.1 Å². The van der Waals surface area contributed by atoms with Crippen LogP contribution in [0, 0.1) is 12.3 Å². The fourth-order valence-corrected chi connectivity index (χ4v) is 3.67. The van der Waals surface area contributed by atoms with E-state index in [1.165, 1.54) is 12.1 Å². The molecule has 0 radical (unpaired) electrons. The van der Waals surface area contributed by atoms with Gasteiger partial charge in [0, 0.05) is 24.7 Å². The van der Waals surface area contributed by atoms with Gasteiger partial charge in [-0.15, -0.1) is 6.42 Å². The zero-order chi connectivity index (χ0) is 17.7. The van der Waals surface area contributed by atoms with Gasteiger partial charge in [-0.1, -0.05) is 5.92 Å². The van der Waals surface area contributed by atoms with Crippen LogP contribution in [0.15, 0.2) is 29.2 Å². The first-order chi connectivity index (χ1) is 11.3. The summed E-state index contributed by atoms with van der Waals surface area (Å²) in [6.45, 7) is 1.35. The Morgan fingerprint density at radius 2 is 2.04 bits per heavy atom. The van der Waals surface area contributed by atoms with Gasteiger partial charge in [0.05, 0.1) is 11.4 Å². The van der Waals surface area contributed by atoms with E-state index in [1.807, 2.05) is 19.0 Å². The monoisotopic (exact) mass is 349 g/mol. The van der Waals surface area contributed by atoms with Crippen molar-refractivity contribution in [2.75, 3.05) is 33.7 Å². The lowest BCUT2D eigenvalue weighted by atomic mass is 10.0. The summed E-state index contributed by atoms with van der Waals surface area (Å²) in [6.07, 6.45) is 7.11. The third-order valence-corrected chi connectivity index (χ3v) is 5.61. The highest BCUT2D eigenvalue weighted by atomic mass is 32.2. The van der Waals surface area contributed by atoms with Gasteiger partial charge in [-0.2, -0.15) is 4.72 Å². The van der Waals surface area contributed by atoms with Gasteiger partial charge in [0.2, 0.25) is 10.0 Å². The van der Waals surface area contributed by atoms with Crippen molar-refractivity contribution in [3.05, 3.63) is 29.8 Å². The van der Waals surface area contributed by atoms with Crippen LogP contribution in [0.5, 0.6) is 0 Å². The van der Waals surface area contributed by atoms with Crippen molar-refractivity contribution in [1.82, 2.24) is 14.5 Å². The van der Waals surface area contributed by atoms with Crippen LogP contribution in [-0.2, 0) is 10.0 Å². The molecule has 0 aromatic heterocycles. The number of carbonyl (C=O) groups is 1. The smallest absolute Gasteiger partial charge is 0.253 e. The van der Waals surface area contributed by atoms with Crippen LogP contribution in [-0.4, -0.2) is 63.9 Å². The van der Waals surface area contributed by atoms with E-state index in [9.17, 15) is 13.2 Å². The maximum Gasteiger partial charge on any atom is 0.253 e. The lowest BCUT2D eigenvalue weighted by molar-refractivity contribution is 0.0635. The highest BCUT2D eigenvalue weighted by molar-refractivity contribution is 7.89. The molecular formula is C17H23N3O3S. The number of likely N-dealkylation sites (N-methyl/N-ethyl adjacent to an activating group) is 1. The number of terminal acetylenes is 1. The number of nitrogens with one attached hydrogen (secondary N) is 1. The zero-order valence-corrected chi connectivity index (χ0v) is 14.8. The van der Waals surface area contributed by atoms with E-state index in [2.05, 4.69) is 15.5 Å². The molecule has 1 N–H and O–H groups in total. The molecule has 1 aliphatic rings. The minimum absolute atomic E-state index is 0.0667. The molecule has 6 nitrogen and oxygen atoms in total. The van der Waals surface area contributed by atoms with E-state index in [4.69, 9.17) is 6.42 Å². The Bertz CT molecular complexity index is 720. The molecular weight excluding hydrogens is 326 g/mol. The fraction of sp³-hybridized carbons (Fsp3) is 0.471. The summed E-state index contributed by atoms with van der Waals surface area (Å²) in [4.78, 5) is 16.7. The number of rotatable bonds is 5. The zero-order valence-electron chi connectivity index (χ0n) is 14.0. The number of amides is 1. The van der Waals surface area contributed by atoms with E-state index in [0.29, 0.717) is 18.2 Å². The van der Waals surface area contributed by atoms with Crippen LogP contribution >= 0.6 is 0 Å². The second kappa shape index (κ2) is 7.79. The first kappa shape index (κ1) is 18.5. The van der Waals surface area contributed by atoms with E-state index in [0.717, 1.165) is 19.4 Å². The van der Waals surface area contributed by atoms with Gasteiger partial charge in [0.1, 0.15) is 0 Å². The highest BCUT2D eigenvalue weighted by Gasteiger charge is 2.25. The van der Waals surface area contributed by atoms with E-state index in [-0.39, 0.29) is 17.3 Å². The minimum Gasteiger partial charge on any atom is -0.337 e. The first-order valence-electron chi connectivity index (χ1n) is 7.84. The number of piperidine rings is 1. The van der Waals surface area contributed by atoms with Gasteiger partial charge in [-0.25, -0.2) is 8.42 Å². The molecule has 1 aromatic carbocycles. The number of carbonyl (C=O) groups excluding carboxylic acids is 1. The molecule has 7 heteroatoms. The molecule has 1 fully saturated rings. The number of benzene rings is 1. The SMILES string of the molecule is C#CCNS(=O)(=O)c1ccc(C(=O)N2CCCC(N(C)C)C2)cc1. The predicted octanol–water partition coefficient (Wildman–Crippen LogP) is 0.764. The molecule has 2 rings (SSSR count). The average Bonchev–Trinajstić information content (AvgIpc) is 2.59. The lowest BCUT2D eigenvalue weighted by Gasteiger charge is -2.36. The van der Waals surface area contributed by atoms with Crippen molar-refractivity contribution < 1.29 is 13.2 Å². The Labute approximate surface area is 143 Å². The van der Waals surface area contributed by atoms with Gasteiger partial charge in [-0.05, 0) is 51.2 Å². The third kappa shape index (κ3) is 4.35. The van der Waals surface area contributed by atoms with Gasteiger partial charge in [0.15, 0.2) is 0 Å². The van der Waals surface area contributed by atoms with Gasteiger partial charge in [0.25, 0.3) is 5.91 Å². The lowest BCUT2D eigenvalue weighted by Crippen LogP contribution is -2.47. The molecule has 1 unspecified atom stereocenters. The van der Waals surface area contributed by atoms with Crippen LogP contribution in [0.3, 0.4) is 0 Å². The van der Waals surface area contributed by atoms with Crippen LogP contribution in [0.2, 0.25) is 0 Å². The van der Waals surface area contributed by atoms with Gasteiger partial charge in [-0.3, -0.25) is 4.79 Å². The summed E-state index contributed by atoms with van der Waals surface area (Å²) >= 11 is 0. The number of nitrogens with zero attached hydrogens (tertiary/aromatic N) is 2. The van der Waals surface area contributed by atoms with E-state index < -0.39 is 10.0 Å². The summed E-state index contributed by atoms with van der Waals surface area (Å²) in [5, 5.41) is 0. The molecule has 24 heavy (non-hydrogen) atoms. The first-order valence-corrected chi connectivity index (χ1v) is 9.32. The van der Waals surface area contributed by atoms with Crippen LogP contribution in [0.4, 0.5) is 0 Å². The largest absolute Gasteiger partial charge is 0.337 e. The standard InChI is InChI=1S/C17H23N3O3S/c1-4-11-18-24(22,23)16-9-7-14(8-10-16)17(21)20-12-5-6-15(13-20)19(2)3/h1,7-10,15,18H,5-6,11-13H2,2-3H3. The Morgan fingerprint density at radius 1 is 1.38 bits per heavy atom. The summed E-state index contributed by atoms with van der Waals surface area (Å²) in [7, 11) is 0.397. The second-order valence-electron chi connectivity index (χ2n) is 6.06. The van der Waals surface area contributed by atoms with Crippen molar-refractivity contribution in [1.29, 1.82) is 0 Å². The summed E-state index contributed by atoms with van der Waals surface area (Å²) in [5.74, 6) is 2.16. The Kier molecular flexibility index (Phi) is 5.99. The van der Waals surface area contributed by atoms with E-state index >= 15 is 0 Å². The molecule has 1 amide bonds. The number of sulfonamides is 1. The third-order valence-electron chi connectivity index (χ3n) is 4.19. The molecule has 1 atom stereocenters. The van der Waals surface area contributed by atoms with Crippen molar-refractivity contribution in [2.24, 2.45) is 0 Å². The molecule has 0 aliphatic carbocycles. The van der Waals surface area contributed by atoms with Crippen molar-refractivity contribution in [3.8, 4) is 12.3 Å². The van der Waals surface area contributed by atoms with Crippen LogP contribution in [0.1, 0.15) is 23.2 Å². The number of hydrogen-bond acceptors (Lipinski definition) is 4. The fourth-order valence-electron chi connectivity index (χ4n) is 2.74. The quantitative estimate of drug-likeness (QED) is 0.797. The Balaban J connectivity index is 2.10. The van der Waals surface area contributed by atoms with Crippen molar-refractivity contribution in [2.45, 2.75) is 23.8 Å². The Morgan fingerprint density at radius 3 is 2.62 bits per heavy atom. The second-order valence-corrected chi connectivity index (χ2v) is 7.83. The maximum atomic E-state index is 12.6. The molecule has 1 heterocycles. The maximum absolute atomic E-state index is 12.6. The highest BCUT2D eigenvalue weighted by Crippen LogP contribution is 2.18. The van der Waals surface area contributed by atoms with Crippen LogP contribution < -0.4 is 4.72 Å². The summed E-state index contributed by atoms with van der Waals surface area (Å²) < 4.78 is 26.3. The van der Waals surface area contributed by atoms with Crippen molar-refractivity contribution >= 4 is 15.9 Å². The molecule has 1 aromatic rings. The van der Waals surface area contributed by atoms with Crippen LogP contribution in [0.25, 0.3) is 0 Å². The minimum atomic E-state index is -3.63. The molecule has 1 saturated heterocycles. The molecule has 0 bridgehead atoms. The number of hydrogen-bond donors (Lipinski definition) is 1. The molecule has 0 spiro atoms. The molecule has 1 aliphatic heterocycles. The summed E-state index contributed by atoms with van der Waals surface area (Å²) in [5.41, 5.74) is 0.491. The molecule has 0 saturated carbocycles. The summed E-state index contributed by atoms with van der Waals surface area (Å²) in [6, 6.07) is 6.31. The Hall–Kier alpha value is -1.88. The predicted molar refractivity (Wildman–Crippen MR) is 93.1 cm³/mol. The molecule has 130 valence electrons. The topological polar surface area (TPSA) is 69.7 Å². The van der Waals surface area contributed by atoms with Gasteiger partial charge >= 0.3 is 0 Å².